The molecule has 0 saturated carbocycles. The highest BCUT2D eigenvalue weighted by molar-refractivity contribution is 7.13. The molecule has 0 fully saturated rings. The average molecular weight is 237 g/mol. The lowest BCUT2D eigenvalue weighted by molar-refractivity contribution is 0.945. The molecule has 3 rings (SSSR count). The third-order valence-corrected chi connectivity index (χ3v) is 3.01. The van der Waals surface area contributed by atoms with Gasteiger partial charge in [0.1, 0.15) is 10.8 Å². The third-order valence-electron chi connectivity index (χ3n) is 2.01. The first-order valence-electron chi connectivity index (χ1n) is 4.24. The Morgan fingerprint density at radius 1 is 1.27 bits per heavy atom. The van der Waals surface area contributed by atoms with Crippen LogP contribution in [0.4, 0.5) is 0 Å². The van der Waals surface area contributed by atoms with Gasteiger partial charge in [0.05, 0.1) is 16.6 Å². The first kappa shape index (κ1) is 8.82. The zero-order valence-corrected chi connectivity index (χ0v) is 9.03. The van der Waals surface area contributed by atoms with Gasteiger partial charge in [-0.2, -0.15) is 5.10 Å². The average Bonchev–Trinajstić information content (AvgIpc) is 2.83. The van der Waals surface area contributed by atoms with E-state index in [0.29, 0.717) is 5.15 Å². The van der Waals surface area contributed by atoms with Crippen molar-refractivity contribution < 1.29 is 0 Å². The Balaban J connectivity index is 2.32. The van der Waals surface area contributed by atoms with Crippen molar-refractivity contribution in [3.63, 3.8) is 0 Å². The topological polar surface area (TPSA) is 43.1 Å². The molecule has 0 aliphatic heterocycles. The van der Waals surface area contributed by atoms with Crippen LogP contribution in [0.15, 0.2) is 30.0 Å². The number of imidazole rings is 1. The number of aromatic nitrogens is 4. The summed E-state index contributed by atoms with van der Waals surface area (Å²) in [7, 11) is 0. The Morgan fingerprint density at radius 3 is 3.00 bits per heavy atom. The molecule has 3 aromatic heterocycles. The van der Waals surface area contributed by atoms with E-state index in [-0.39, 0.29) is 0 Å². The maximum Gasteiger partial charge on any atom is 0.154 e. The molecule has 0 unspecified atom stereocenters. The summed E-state index contributed by atoms with van der Waals surface area (Å²) in [6.45, 7) is 0. The van der Waals surface area contributed by atoms with Crippen LogP contribution in [0.1, 0.15) is 0 Å². The lowest BCUT2D eigenvalue weighted by atomic mass is 10.4. The molecule has 0 saturated heterocycles. The predicted molar refractivity (Wildman–Crippen MR) is 59.1 cm³/mol. The van der Waals surface area contributed by atoms with Crippen molar-refractivity contribution in [3.05, 3.63) is 35.2 Å². The second-order valence-electron chi connectivity index (χ2n) is 2.94. The van der Waals surface area contributed by atoms with Gasteiger partial charge >= 0.3 is 0 Å². The van der Waals surface area contributed by atoms with Gasteiger partial charge in [-0.25, -0.2) is 9.50 Å². The van der Waals surface area contributed by atoms with Crippen molar-refractivity contribution in [1.29, 1.82) is 0 Å². The number of fused-ring (bicyclic) bond motifs is 1. The molecule has 0 N–H and O–H groups in total. The highest BCUT2D eigenvalue weighted by Gasteiger charge is 2.08. The number of hydrogen-bond acceptors (Lipinski definition) is 4. The van der Waals surface area contributed by atoms with E-state index in [4.69, 9.17) is 11.6 Å². The highest BCUT2D eigenvalue weighted by Crippen LogP contribution is 2.23. The maximum atomic E-state index is 5.84. The van der Waals surface area contributed by atoms with Gasteiger partial charge in [-0.15, -0.1) is 11.3 Å². The fraction of sp³-hybridized carbons (Fsp3) is 0. The standard InChI is InChI=1S/C9H5ClN4S/c10-8-1-2-9-12-3-6(14(9)13-8)7-4-11-5-15-7/h1-5H. The number of hydrogen-bond donors (Lipinski definition) is 0. The fourth-order valence-electron chi connectivity index (χ4n) is 1.36. The summed E-state index contributed by atoms with van der Waals surface area (Å²) in [6.07, 6.45) is 3.56. The number of nitrogens with zero attached hydrogens (tertiary/aromatic N) is 4. The van der Waals surface area contributed by atoms with Gasteiger partial charge in [-0.05, 0) is 12.1 Å². The SMILES string of the molecule is Clc1ccc2ncc(-c3cncs3)n2n1. The number of rotatable bonds is 1. The van der Waals surface area contributed by atoms with Crippen LogP contribution >= 0.6 is 22.9 Å². The van der Waals surface area contributed by atoms with Gasteiger partial charge in [-0.3, -0.25) is 4.98 Å². The molecule has 4 nitrogen and oxygen atoms in total. The Labute approximate surface area is 94.2 Å². The summed E-state index contributed by atoms with van der Waals surface area (Å²) < 4.78 is 1.72. The summed E-state index contributed by atoms with van der Waals surface area (Å²) >= 11 is 7.38. The van der Waals surface area contributed by atoms with Crippen molar-refractivity contribution in [2.75, 3.05) is 0 Å². The molecule has 15 heavy (non-hydrogen) atoms. The summed E-state index contributed by atoms with van der Waals surface area (Å²) in [6, 6.07) is 3.56. The van der Waals surface area contributed by atoms with Crippen molar-refractivity contribution in [2.24, 2.45) is 0 Å². The van der Waals surface area contributed by atoms with E-state index in [9.17, 15) is 0 Å². The zero-order chi connectivity index (χ0) is 10.3. The molecule has 0 bridgehead atoms. The van der Waals surface area contributed by atoms with Crippen molar-refractivity contribution >= 4 is 28.6 Å². The number of thiazole rings is 1. The van der Waals surface area contributed by atoms with Gasteiger partial charge in [-0.1, -0.05) is 11.6 Å². The molecule has 0 aliphatic carbocycles. The van der Waals surface area contributed by atoms with E-state index in [2.05, 4.69) is 15.1 Å². The van der Waals surface area contributed by atoms with Crippen LogP contribution in [0.5, 0.6) is 0 Å². The van der Waals surface area contributed by atoms with E-state index < -0.39 is 0 Å². The van der Waals surface area contributed by atoms with Crippen LogP contribution in [0, 0.1) is 0 Å². The van der Waals surface area contributed by atoms with Crippen molar-refractivity contribution in [1.82, 2.24) is 19.6 Å². The highest BCUT2D eigenvalue weighted by atomic mass is 35.5. The molecular formula is C9H5ClN4S. The van der Waals surface area contributed by atoms with E-state index in [1.165, 1.54) is 0 Å². The fourth-order valence-corrected chi connectivity index (χ4v) is 2.12. The third kappa shape index (κ3) is 1.40. The monoisotopic (exact) mass is 236 g/mol. The molecule has 0 aromatic carbocycles. The number of halogens is 1. The normalized spacial score (nSPS) is 11.0. The molecule has 74 valence electrons. The van der Waals surface area contributed by atoms with Crippen molar-refractivity contribution in [2.45, 2.75) is 0 Å². The Kier molecular flexibility index (Phi) is 1.93. The molecular weight excluding hydrogens is 232 g/mol. The lowest BCUT2D eigenvalue weighted by Gasteiger charge is -1.96. The van der Waals surface area contributed by atoms with Crippen LogP contribution in [0.2, 0.25) is 5.15 Å². The quantitative estimate of drug-likeness (QED) is 0.652. The van der Waals surface area contributed by atoms with E-state index >= 15 is 0 Å². The van der Waals surface area contributed by atoms with Gasteiger partial charge < -0.3 is 0 Å². The Bertz CT molecular complexity index is 602. The molecule has 0 amide bonds. The summed E-state index contributed by atoms with van der Waals surface area (Å²) in [4.78, 5) is 9.29. The van der Waals surface area contributed by atoms with Crippen LogP contribution in [-0.2, 0) is 0 Å². The van der Waals surface area contributed by atoms with E-state index in [0.717, 1.165) is 16.2 Å². The first-order valence-corrected chi connectivity index (χ1v) is 5.49. The molecule has 3 heterocycles. The van der Waals surface area contributed by atoms with E-state index in [1.807, 2.05) is 6.07 Å². The second-order valence-corrected chi connectivity index (χ2v) is 4.21. The Morgan fingerprint density at radius 2 is 2.20 bits per heavy atom. The smallest absolute Gasteiger partial charge is 0.154 e. The van der Waals surface area contributed by atoms with Crippen LogP contribution in [-0.4, -0.2) is 19.6 Å². The summed E-state index contributed by atoms with van der Waals surface area (Å²) in [5, 5.41) is 4.64. The van der Waals surface area contributed by atoms with Gasteiger partial charge in [0.25, 0.3) is 0 Å². The van der Waals surface area contributed by atoms with Gasteiger partial charge in [0.15, 0.2) is 5.65 Å². The summed E-state index contributed by atoms with van der Waals surface area (Å²) in [5.74, 6) is 0. The predicted octanol–water partition coefficient (Wildman–Crippen LogP) is 2.51. The Hall–Kier alpha value is -1.46. The molecule has 6 heteroatoms. The minimum absolute atomic E-state index is 0.450. The van der Waals surface area contributed by atoms with Crippen LogP contribution in [0.25, 0.3) is 16.2 Å². The van der Waals surface area contributed by atoms with E-state index in [1.54, 1.807) is 39.8 Å². The minimum Gasteiger partial charge on any atom is -0.252 e. The van der Waals surface area contributed by atoms with Gasteiger partial charge in [0.2, 0.25) is 0 Å². The van der Waals surface area contributed by atoms with Gasteiger partial charge in [0, 0.05) is 6.20 Å². The molecule has 0 radical (unpaired) electrons. The molecule has 0 spiro atoms. The molecule has 0 aliphatic rings. The molecule has 3 aromatic rings. The molecule has 0 atom stereocenters. The largest absolute Gasteiger partial charge is 0.252 e. The van der Waals surface area contributed by atoms with Crippen LogP contribution < -0.4 is 0 Å². The second kappa shape index (κ2) is 3.29. The minimum atomic E-state index is 0.450. The van der Waals surface area contributed by atoms with Crippen molar-refractivity contribution in [3.8, 4) is 10.6 Å². The van der Waals surface area contributed by atoms with Crippen LogP contribution in [0.3, 0.4) is 0 Å². The first-order chi connectivity index (χ1) is 7.34. The maximum absolute atomic E-state index is 5.84. The zero-order valence-electron chi connectivity index (χ0n) is 7.46. The lowest BCUT2D eigenvalue weighted by Crippen LogP contribution is -1.92. The summed E-state index contributed by atoms with van der Waals surface area (Å²) in [5.41, 5.74) is 3.47.